The highest BCUT2D eigenvalue weighted by atomic mass is 79.9. The number of carbonyl (C=O) groups excluding carboxylic acids is 1. The maximum absolute atomic E-state index is 13.3. The van der Waals surface area contributed by atoms with Crippen molar-refractivity contribution in [2.45, 2.75) is 19.3 Å². The van der Waals surface area contributed by atoms with E-state index in [1.807, 2.05) is 49.4 Å². The van der Waals surface area contributed by atoms with E-state index in [1.54, 1.807) is 5.51 Å². The summed E-state index contributed by atoms with van der Waals surface area (Å²) in [5.74, 6) is -0.259. The Morgan fingerprint density at radius 3 is 2.93 bits per heavy atom. The van der Waals surface area contributed by atoms with Crippen LogP contribution in [0, 0.1) is 16.7 Å². The zero-order valence-electron chi connectivity index (χ0n) is 14.4. The molecule has 0 aliphatic heterocycles. The van der Waals surface area contributed by atoms with E-state index in [4.69, 9.17) is 0 Å². The minimum atomic E-state index is -0.705. The smallest absolute Gasteiger partial charge is 0.233 e. The molecule has 1 amide bonds. The van der Waals surface area contributed by atoms with Crippen molar-refractivity contribution in [3.63, 3.8) is 0 Å². The van der Waals surface area contributed by atoms with Gasteiger partial charge in [0.1, 0.15) is 5.51 Å². The summed E-state index contributed by atoms with van der Waals surface area (Å²) in [5.41, 5.74) is 4.64. The predicted molar refractivity (Wildman–Crippen MR) is 107 cm³/mol. The van der Waals surface area contributed by atoms with Gasteiger partial charge in [-0.05, 0) is 54.3 Å². The first kappa shape index (κ1) is 17.8. The van der Waals surface area contributed by atoms with Crippen LogP contribution in [0.4, 0.5) is 5.13 Å². The molecule has 27 heavy (non-hydrogen) atoms. The topological polar surface area (TPSA) is 78.7 Å². The number of aromatic nitrogens is 2. The Bertz CT molecular complexity index is 1060. The maximum atomic E-state index is 13.3. The molecule has 0 radical (unpaired) electrons. The van der Waals surface area contributed by atoms with Crippen molar-refractivity contribution in [2.75, 3.05) is 5.32 Å². The summed E-state index contributed by atoms with van der Waals surface area (Å²) in [7, 11) is 0. The molecule has 1 heterocycles. The molecule has 0 bridgehead atoms. The molecule has 5 nitrogen and oxygen atoms in total. The van der Waals surface area contributed by atoms with Gasteiger partial charge in [-0.2, -0.15) is 5.26 Å². The van der Waals surface area contributed by atoms with Crippen LogP contribution < -0.4 is 5.32 Å². The van der Waals surface area contributed by atoms with Crippen molar-refractivity contribution in [3.8, 4) is 6.07 Å². The summed E-state index contributed by atoms with van der Waals surface area (Å²) < 4.78 is 0.955. The number of hydrogen-bond donors (Lipinski definition) is 1. The first-order valence-corrected chi connectivity index (χ1v) is 10.0. The summed E-state index contributed by atoms with van der Waals surface area (Å²) in [6.45, 7) is 1.97. The normalized spacial score (nSPS) is 20.7. The van der Waals surface area contributed by atoms with Crippen molar-refractivity contribution in [2.24, 2.45) is 5.41 Å². The molecule has 0 saturated heterocycles. The van der Waals surface area contributed by atoms with Crippen molar-refractivity contribution in [3.05, 3.63) is 74.7 Å². The van der Waals surface area contributed by atoms with Gasteiger partial charge in [-0.3, -0.25) is 4.79 Å². The Morgan fingerprint density at radius 1 is 1.37 bits per heavy atom. The minimum Gasteiger partial charge on any atom is -0.300 e. The van der Waals surface area contributed by atoms with Crippen LogP contribution in [0.2, 0.25) is 0 Å². The molecule has 1 N–H and O–H groups in total. The fourth-order valence-corrected chi connectivity index (χ4v) is 4.70. The Kier molecular flexibility index (Phi) is 4.54. The lowest BCUT2D eigenvalue weighted by molar-refractivity contribution is -0.125. The zero-order valence-corrected chi connectivity index (χ0v) is 16.8. The number of nitriles is 1. The van der Waals surface area contributed by atoms with E-state index >= 15 is 0 Å². The number of fused-ring (bicyclic) bond motifs is 1. The summed E-state index contributed by atoms with van der Waals surface area (Å²) in [4.78, 5) is 13.3. The summed E-state index contributed by atoms with van der Waals surface area (Å²) in [6, 6.07) is 15.9. The number of amides is 1. The van der Waals surface area contributed by atoms with Gasteiger partial charge in [-0.15, -0.1) is 10.2 Å². The maximum Gasteiger partial charge on any atom is 0.233 e. The Labute approximate surface area is 169 Å². The summed E-state index contributed by atoms with van der Waals surface area (Å²) >= 11 is 4.82. The average molecular weight is 439 g/mol. The number of halogens is 1. The summed E-state index contributed by atoms with van der Waals surface area (Å²) in [6.07, 6.45) is 0.593. The second-order valence-corrected chi connectivity index (χ2v) is 8.55. The number of benzene rings is 2. The Balaban J connectivity index is 1.83. The van der Waals surface area contributed by atoms with Crippen LogP contribution in [0.5, 0.6) is 0 Å². The molecule has 0 fully saturated rings. The molecular formula is C20H15BrN4OS. The second-order valence-electron chi connectivity index (χ2n) is 6.81. The lowest BCUT2D eigenvalue weighted by atomic mass is 9.73. The SMILES string of the molecule is C[C@]1(C(=O)Nc2nncs2)Cc2ccc(C#N)cc2[C@H]1c1cccc(Br)c1. The van der Waals surface area contributed by atoms with Gasteiger partial charge in [0.25, 0.3) is 0 Å². The van der Waals surface area contributed by atoms with Crippen LogP contribution in [0.15, 0.2) is 52.4 Å². The van der Waals surface area contributed by atoms with E-state index in [0.717, 1.165) is 21.2 Å². The predicted octanol–water partition coefficient (Wildman–Crippen LogP) is 4.51. The van der Waals surface area contributed by atoms with Crippen molar-refractivity contribution >= 4 is 38.3 Å². The zero-order chi connectivity index (χ0) is 19.0. The van der Waals surface area contributed by atoms with Crippen LogP contribution >= 0.6 is 27.3 Å². The van der Waals surface area contributed by atoms with Gasteiger partial charge < -0.3 is 5.32 Å². The molecule has 0 saturated carbocycles. The highest BCUT2D eigenvalue weighted by Gasteiger charge is 2.49. The van der Waals surface area contributed by atoms with Crippen molar-refractivity contribution in [1.82, 2.24) is 10.2 Å². The molecule has 3 aromatic rings. The molecule has 134 valence electrons. The fraction of sp³-hybridized carbons (Fsp3) is 0.200. The van der Waals surface area contributed by atoms with Gasteiger partial charge in [0.05, 0.1) is 17.0 Å². The quantitative estimate of drug-likeness (QED) is 0.652. The van der Waals surface area contributed by atoms with Crippen LogP contribution in [-0.4, -0.2) is 16.1 Å². The van der Waals surface area contributed by atoms with E-state index in [2.05, 4.69) is 37.5 Å². The largest absolute Gasteiger partial charge is 0.300 e. The summed E-state index contributed by atoms with van der Waals surface area (Å²) in [5, 5.41) is 20.5. The van der Waals surface area contributed by atoms with Crippen LogP contribution in [0.25, 0.3) is 0 Å². The number of carbonyl (C=O) groups is 1. The monoisotopic (exact) mass is 438 g/mol. The average Bonchev–Trinajstić information content (AvgIpc) is 3.26. The van der Waals surface area contributed by atoms with Crippen LogP contribution in [0.1, 0.15) is 35.1 Å². The number of nitrogens with one attached hydrogen (secondary N) is 1. The molecule has 1 aliphatic rings. The van der Waals surface area contributed by atoms with Gasteiger partial charge in [0, 0.05) is 10.4 Å². The molecule has 7 heteroatoms. The van der Waals surface area contributed by atoms with Gasteiger partial charge in [-0.25, -0.2) is 0 Å². The van der Waals surface area contributed by atoms with E-state index in [1.165, 1.54) is 11.3 Å². The van der Waals surface area contributed by atoms with Crippen molar-refractivity contribution in [1.29, 1.82) is 5.26 Å². The minimum absolute atomic E-state index is 0.0982. The third kappa shape index (κ3) is 3.15. The Hall–Kier alpha value is -2.56. The van der Waals surface area contributed by atoms with Crippen LogP contribution in [0.3, 0.4) is 0 Å². The number of nitrogens with zero attached hydrogens (tertiary/aromatic N) is 3. The van der Waals surface area contributed by atoms with Gasteiger partial charge >= 0.3 is 0 Å². The van der Waals surface area contributed by atoms with Gasteiger partial charge in [-0.1, -0.05) is 45.5 Å². The molecule has 0 unspecified atom stereocenters. The fourth-order valence-electron chi connectivity index (χ4n) is 3.85. The molecular weight excluding hydrogens is 424 g/mol. The molecule has 4 rings (SSSR count). The van der Waals surface area contributed by atoms with E-state index in [0.29, 0.717) is 17.1 Å². The van der Waals surface area contributed by atoms with Gasteiger partial charge in [0.15, 0.2) is 0 Å². The number of hydrogen-bond acceptors (Lipinski definition) is 5. The van der Waals surface area contributed by atoms with E-state index in [9.17, 15) is 10.1 Å². The number of rotatable bonds is 3. The molecule has 1 aliphatic carbocycles. The van der Waals surface area contributed by atoms with Gasteiger partial charge in [0.2, 0.25) is 11.0 Å². The van der Waals surface area contributed by atoms with E-state index in [-0.39, 0.29) is 11.8 Å². The number of anilines is 1. The molecule has 0 spiro atoms. The third-order valence-electron chi connectivity index (χ3n) is 5.06. The molecule has 2 aromatic carbocycles. The third-order valence-corrected chi connectivity index (χ3v) is 6.16. The van der Waals surface area contributed by atoms with Crippen molar-refractivity contribution < 1.29 is 4.79 Å². The first-order chi connectivity index (χ1) is 13.0. The standard InChI is InChI=1S/C20H15BrN4OS/c1-20(18(26)24-19-25-23-11-27-19)9-14-6-5-12(10-22)7-16(14)17(20)13-3-2-4-15(21)8-13/h2-8,11,17H,9H2,1H3,(H,24,25,26)/t17-,20+/m1/s1. The lowest BCUT2D eigenvalue weighted by Crippen LogP contribution is -2.37. The molecule has 2 atom stereocenters. The van der Waals surface area contributed by atoms with Crippen LogP contribution in [-0.2, 0) is 11.2 Å². The van der Waals surface area contributed by atoms with E-state index < -0.39 is 5.41 Å². The highest BCUT2D eigenvalue weighted by molar-refractivity contribution is 9.10. The highest BCUT2D eigenvalue weighted by Crippen LogP contribution is 2.51. The Morgan fingerprint density at radius 2 is 2.22 bits per heavy atom. The lowest BCUT2D eigenvalue weighted by Gasteiger charge is -2.31. The second kappa shape index (κ2) is 6.87. The first-order valence-electron chi connectivity index (χ1n) is 8.37. The molecule has 1 aromatic heterocycles.